The maximum absolute atomic E-state index is 12.1. The third kappa shape index (κ3) is 7.31. The Kier molecular flexibility index (Phi) is 9.83. The van der Waals surface area contributed by atoms with Crippen molar-refractivity contribution in [1.82, 2.24) is 25.1 Å². The van der Waals surface area contributed by atoms with E-state index in [-0.39, 0.29) is 41.3 Å². The minimum Gasteiger partial charge on any atom is -0.383 e. The Balaban J connectivity index is 0.00000392. The second-order valence-corrected chi connectivity index (χ2v) is 9.07. The van der Waals surface area contributed by atoms with Gasteiger partial charge < -0.3 is 15.7 Å². The lowest BCUT2D eigenvalue weighted by Gasteiger charge is -2.20. The Bertz CT molecular complexity index is 850. The SMILES string of the molecule is CCNC(=NCC(C)(O)c1cnn(C)c1)NCCNS(=O)(=O)c1cccs1.I. The van der Waals surface area contributed by atoms with Crippen molar-refractivity contribution < 1.29 is 13.5 Å². The van der Waals surface area contributed by atoms with Gasteiger partial charge in [0, 0.05) is 38.4 Å². The second kappa shape index (κ2) is 11.1. The van der Waals surface area contributed by atoms with E-state index >= 15 is 0 Å². The molecule has 0 saturated carbocycles. The number of aryl methyl sites for hydroxylation is 1. The molecule has 2 heterocycles. The fraction of sp³-hybridized carbons (Fsp3) is 0.500. The number of halogens is 1. The van der Waals surface area contributed by atoms with Crippen molar-refractivity contribution in [1.29, 1.82) is 0 Å². The van der Waals surface area contributed by atoms with Gasteiger partial charge in [-0.15, -0.1) is 35.3 Å². The van der Waals surface area contributed by atoms with Crippen molar-refractivity contribution in [2.24, 2.45) is 12.0 Å². The van der Waals surface area contributed by atoms with Crippen LogP contribution in [0.5, 0.6) is 0 Å². The largest absolute Gasteiger partial charge is 0.383 e. The molecule has 1 atom stereocenters. The average Bonchev–Trinajstić information content (AvgIpc) is 3.28. The van der Waals surface area contributed by atoms with Gasteiger partial charge in [0.05, 0.1) is 12.7 Å². The number of guanidine groups is 1. The van der Waals surface area contributed by atoms with Crippen LogP contribution in [-0.2, 0) is 22.7 Å². The van der Waals surface area contributed by atoms with Crippen molar-refractivity contribution >= 4 is 51.3 Å². The van der Waals surface area contributed by atoms with Gasteiger partial charge in [0.15, 0.2) is 5.96 Å². The zero-order valence-corrected chi connectivity index (χ0v) is 20.0. The average molecular weight is 542 g/mol. The van der Waals surface area contributed by atoms with Crippen LogP contribution in [0, 0.1) is 0 Å². The van der Waals surface area contributed by atoms with Crippen LogP contribution in [0.1, 0.15) is 19.4 Å². The molecule has 2 aromatic rings. The topological polar surface area (TPSA) is 121 Å². The van der Waals surface area contributed by atoms with E-state index in [0.29, 0.717) is 24.6 Å². The Morgan fingerprint density at radius 1 is 1.39 bits per heavy atom. The van der Waals surface area contributed by atoms with Crippen LogP contribution in [0.25, 0.3) is 0 Å². The van der Waals surface area contributed by atoms with Crippen LogP contribution < -0.4 is 15.4 Å². The number of rotatable bonds is 9. The molecule has 12 heteroatoms. The number of nitrogens with zero attached hydrogens (tertiary/aromatic N) is 3. The number of aliphatic hydroxyl groups is 1. The Morgan fingerprint density at radius 3 is 2.71 bits per heavy atom. The molecule has 0 amide bonds. The van der Waals surface area contributed by atoms with Gasteiger partial charge in [0.25, 0.3) is 0 Å². The molecule has 1 unspecified atom stereocenters. The van der Waals surface area contributed by atoms with E-state index < -0.39 is 15.6 Å². The molecule has 0 aliphatic rings. The van der Waals surface area contributed by atoms with Crippen molar-refractivity contribution in [2.45, 2.75) is 23.7 Å². The first-order chi connectivity index (χ1) is 12.7. The number of thiophene rings is 1. The van der Waals surface area contributed by atoms with Gasteiger partial charge in [-0.3, -0.25) is 4.68 Å². The normalized spacial score (nSPS) is 14.2. The summed E-state index contributed by atoms with van der Waals surface area (Å²) >= 11 is 1.17. The van der Waals surface area contributed by atoms with Crippen molar-refractivity contribution in [3.8, 4) is 0 Å². The molecule has 158 valence electrons. The Labute approximate surface area is 186 Å². The summed E-state index contributed by atoms with van der Waals surface area (Å²) < 4.78 is 28.6. The van der Waals surface area contributed by atoms with Crippen LogP contribution in [0.4, 0.5) is 0 Å². The maximum atomic E-state index is 12.1. The number of hydrogen-bond acceptors (Lipinski definition) is 6. The third-order valence-corrected chi connectivity index (χ3v) is 6.54. The predicted molar refractivity (Wildman–Crippen MR) is 122 cm³/mol. The number of hydrogen-bond donors (Lipinski definition) is 4. The molecule has 28 heavy (non-hydrogen) atoms. The fourth-order valence-electron chi connectivity index (χ4n) is 2.22. The smallest absolute Gasteiger partial charge is 0.250 e. The molecule has 2 aromatic heterocycles. The fourth-order valence-corrected chi connectivity index (χ4v) is 4.29. The van der Waals surface area contributed by atoms with Crippen LogP contribution in [0.15, 0.2) is 39.1 Å². The van der Waals surface area contributed by atoms with E-state index in [1.807, 2.05) is 6.92 Å². The molecular formula is C16H27IN6O3S2. The van der Waals surface area contributed by atoms with Crippen LogP contribution in [0.2, 0.25) is 0 Å². The first-order valence-corrected chi connectivity index (χ1v) is 10.9. The molecule has 0 fully saturated rings. The monoisotopic (exact) mass is 542 g/mol. The van der Waals surface area contributed by atoms with Gasteiger partial charge in [0.1, 0.15) is 9.81 Å². The molecule has 0 aromatic carbocycles. The molecule has 0 bridgehead atoms. The van der Waals surface area contributed by atoms with Crippen molar-refractivity contribution in [3.63, 3.8) is 0 Å². The van der Waals surface area contributed by atoms with Gasteiger partial charge in [-0.05, 0) is 25.3 Å². The van der Waals surface area contributed by atoms with Crippen LogP contribution >= 0.6 is 35.3 Å². The van der Waals surface area contributed by atoms with E-state index in [0.717, 1.165) is 0 Å². The summed E-state index contributed by atoms with van der Waals surface area (Å²) in [6, 6.07) is 3.26. The van der Waals surface area contributed by atoms with Gasteiger partial charge in [-0.25, -0.2) is 18.1 Å². The molecule has 0 radical (unpaired) electrons. The first-order valence-electron chi connectivity index (χ1n) is 8.51. The minimum atomic E-state index is -3.48. The summed E-state index contributed by atoms with van der Waals surface area (Å²) in [5, 5.41) is 22.5. The standard InChI is InChI=1S/C16H26N6O3S2.HI/c1-4-17-15(19-12-16(2,23)13-10-20-22(3)11-13)18-7-8-21-27(24,25)14-6-5-9-26-14;/h5-6,9-11,21,23H,4,7-8,12H2,1-3H3,(H2,17,18,19);1H. The molecule has 0 aliphatic carbocycles. The zero-order chi connectivity index (χ0) is 19.9. The number of aromatic nitrogens is 2. The van der Waals surface area contributed by atoms with Crippen LogP contribution in [-0.4, -0.2) is 55.4 Å². The molecule has 4 N–H and O–H groups in total. The Hall–Kier alpha value is -1.22. The van der Waals surface area contributed by atoms with E-state index in [1.165, 1.54) is 11.3 Å². The molecular weight excluding hydrogens is 515 g/mol. The minimum absolute atomic E-state index is 0. The number of sulfonamides is 1. The van der Waals surface area contributed by atoms with E-state index in [9.17, 15) is 13.5 Å². The quantitative estimate of drug-likeness (QED) is 0.161. The van der Waals surface area contributed by atoms with Crippen molar-refractivity contribution in [2.75, 3.05) is 26.2 Å². The Morgan fingerprint density at radius 2 is 2.14 bits per heavy atom. The summed E-state index contributed by atoms with van der Waals surface area (Å²) in [6.45, 7) is 4.94. The molecule has 0 saturated heterocycles. The number of aliphatic imine (C=N–C) groups is 1. The number of nitrogens with one attached hydrogen (secondary N) is 3. The summed E-state index contributed by atoms with van der Waals surface area (Å²) in [6.07, 6.45) is 3.35. The highest BCUT2D eigenvalue weighted by molar-refractivity contribution is 14.0. The first kappa shape index (κ1) is 24.8. The molecule has 0 spiro atoms. The summed E-state index contributed by atoms with van der Waals surface area (Å²) in [5.41, 5.74) is -0.481. The van der Waals surface area contributed by atoms with E-state index in [2.05, 4.69) is 25.4 Å². The van der Waals surface area contributed by atoms with Crippen molar-refractivity contribution in [3.05, 3.63) is 35.5 Å². The lowest BCUT2D eigenvalue weighted by atomic mass is 10.0. The summed E-state index contributed by atoms with van der Waals surface area (Å²) in [4.78, 5) is 4.39. The molecule has 2 rings (SSSR count). The maximum Gasteiger partial charge on any atom is 0.250 e. The van der Waals surface area contributed by atoms with Crippen LogP contribution in [0.3, 0.4) is 0 Å². The highest BCUT2D eigenvalue weighted by Crippen LogP contribution is 2.19. The highest BCUT2D eigenvalue weighted by Gasteiger charge is 2.24. The van der Waals surface area contributed by atoms with E-state index in [4.69, 9.17) is 0 Å². The predicted octanol–water partition coefficient (Wildman–Crippen LogP) is 0.841. The second-order valence-electron chi connectivity index (χ2n) is 6.13. The van der Waals surface area contributed by atoms with Gasteiger partial charge in [-0.1, -0.05) is 6.07 Å². The highest BCUT2D eigenvalue weighted by atomic mass is 127. The lowest BCUT2D eigenvalue weighted by molar-refractivity contribution is 0.0672. The molecule has 0 aliphatic heterocycles. The van der Waals surface area contributed by atoms with E-state index in [1.54, 1.807) is 48.6 Å². The van der Waals surface area contributed by atoms with Gasteiger partial charge in [0.2, 0.25) is 10.0 Å². The summed E-state index contributed by atoms with van der Waals surface area (Å²) in [5.74, 6) is 0.497. The lowest BCUT2D eigenvalue weighted by Crippen LogP contribution is -2.42. The third-order valence-electron chi connectivity index (χ3n) is 3.69. The molecule has 9 nitrogen and oxygen atoms in total. The summed E-state index contributed by atoms with van der Waals surface area (Å²) in [7, 11) is -1.69. The van der Waals surface area contributed by atoms with Gasteiger partial charge in [-0.2, -0.15) is 5.10 Å². The van der Waals surface area contributed by atoms with Gasteiger partial charge >= 0.3 is 0 Å². The zero-order valence-electron chi connectivity index (χ0n) is 16.0.